The third kappa shape index (κ3) is 2.97. The van der Waals surface area contributed by atoms with Crippen LogP contribution in [0.3, 0.4) is 0 Å². The van der Waals surface area contributed by atoms with Crippen LogP contribution in [0.4, 0.5) is 0 Å². The van der Waals surface area contributed by atoms with E-state index in [1.807, 2.05) is 13.8 Å². The summed E-state index contributed by atoms with van der Waals surface area (Å²) >= 11 is 0. The van der Waals surface area contributed by atoms with Gasteiger partial charge in [0.05, 0.1) is 13.2 Å². The topological polar surface area (TPSA) is 55.8 Å². The van der Waals surface area contributed by atoms with Crippen LogP contribution in [0.25, 0.3) is 0 Å². The van der Waals surface area contributed by atoms with E-state index in [0.717, 1.165) is 0 Å². The fraction of sp³-hybridized carbons (Fsp3) is 0.462. The van der Waals surface area contributed by atoms with E-state index in [4.69, 9.17) is 9.47 Å². The summed E-state index contributed by atoms with van der Waals surface area (Å²) in [6.45, 7) is 5.17. The fourth-order valence-electron chi connectivity index (χ4n) is 1.62. The van der Waals surface area contributed by atoms with E-state index in [0.29, 0.717) is 11.3 Å². The Bertz CT molecular complexity index is 383. The standard InChI is InChI=1S/C13H18O4/c1-9(2)17-13(3,12(14)15)10-5-7-11(16-4)8-6-10/h5-9H,1-4H3,(H,14,15). The minimum Gasteiger partial charge on any atom is -0.497 e. The number of benzene rings is 1. The van der Waals surface area contributed by atoms with Gasteiger partial charge in [0.1, 0.15) is 5.75 Å². The van der Waals surface area contributed by atoms with Crippen molar-refractivity contribution < 1.29 is 19.4 Å². The molecule has 1 rings (SSSR count). The van der Waals surface area contributed by atoms with E-state index in [9.17, 15) is 9.90 Å². The highest BCUT2D eigenvalue weighted by molar-refractivity contribution is 5.79. The number of carboxylic acids is 1. The molecule has 0 saturated carbocycles. The largest absolute Gasteiger partial charge is 0.497 e. The molecule has 0 aliphatic carbocycles. The number of carboxylic acid groups (broad SMARTS) is 1. The molecule has 0 saturated heterocycles. The lowest BCUT2D eigenvalue weighted by Crippen LogP contribution is -2.37. The van der Waals surface area contributed by atoms with E-state index >= 15 is 0 Å². The zero-order valence-corrected chi connectivity index (χ0v) is 10.6. The van der Waals surface area contributed by atoms with Gasteiger partial charge in [-0.15, -0.1) is 0 Å². The van der Waals surface area contributed by atoms with Crippen LogP contribution in [0.15, 0.2) is 24.3 Å². The first-order valence-corrected chi connectivity index (χ1v) is 5.46. The molecule has 0 radical (unpaired) electrons. The maximum atomic E-state index is 11.4. The number of methoxy groups -OCH3 is 1. The molecule has 0 amide bonds. The van der Waals surface area contributed by atoms with Crippen molar-refractivity contribution in [2.24, 2.45) is 0 Å². The number of ether oxygens (including phenoxy) is 2. The highest BCUT2D eigenvalue weighted by atomic mass is 16.5. The second-order valence-corrected chi connectivity index (χ2v) is 4.23. The van der Waals surface area contributed by atoms with Crippen molar-refractivity contribution in [2.75, 3.05) is 7.11 Å². The number of hydrogen-bond donors (Lipinski definition) is 1. The lowest BCUT2D eigenvalue weighted by Gasteiger charge is -2.28. The summed E-state index contributed by atoms with van der Waals surface area (Å²) in [6.07, 6.45) is -0.168. The monoisotopic (exact) mass is 238 g/mol. The van der Waals surface area contributed by atoms with Crippen LogP contribution in [-0.2, 0) is 15.1 Å². The van der Waals surface area contributed by atoms with E-state index < -0.39 is 11.6 Å². The molecule has 0 aromatic heterocycles. The van der Waals surface area contributed by atoms with Crippen molar-refractivity contribution in [3.8, 4) is 5.75 Å². The molecular weight excluding hydrogens is 220 g/mol. The molecule has 0 bridgehead atoms. The van der Waals surface area contributed by atoms with Crippen LogP contribution < -0.4 is 4.74 Å². The van der Waals surface area contributed by atoms with Crippen molar-refractivity contribution in [2.45, 2.75) is 32.5 Å². The summed E-state index contributed by atoms with van der Waals surface area (Å²) < 4.78 is 10.6. The molecule has 1 unspecified atom stereocenters. The van der Waals surface area contributed by atoms with Gasteiger partial charge in [-0.2, -0.15) is 0 Å². The number of hydrogen-bond acceptors (Lipinski definition) is 3. The summed E-state index contributed by atoms with van der Waals surface area (Å²) in [4.78, 5) is 11.4. The Balaban J connectivity index is 3.09. The van der Waals surface area contributed by atoms with Crippen molar-refractivity contribution in [3.05, 3.63) is 29.8 Å². The third-order valence-electron chi connectivity index (χ3n) is 2.52. The Hall–Kier alpha value is -1.55. The lowest BCUT2D eigenvalue weighted by molar-refractivity contribution is -0.170. The Morgan fingerprint density at radius 1 is 1.29 bits per heavy atom. The lowest BCUT2D eigenvalue weighted by atomic mass is 9.95. The Morgan fingerprint density at radius 2 is 1.82 bits per heavy atom. The third-order valence-corrected chi connectivity index (χ3v) is 2.52. The molecular formula is C13H18O4. The zero-order chi connectivity index (χ0) is 13.1. The highest BCUT2D eigenvalue weighted by Gasteiger charge is 2.37. The number of aliphatic carboxylic acids is 1. The second kappa shape index (κ2) is 5.19. The van der Waals surface area contributed by atoms with Gasteiger partial charge in [0, 0.05) is 0 Å². The molecule has 1 aromatic rings. The molecule has 17 heavy (non-hydrogen) atoms. The second-order valence-electron chi connectivity index (χ2n) is 4.23. The molecule has 0 aliphatic heterocycles. The van der Waals surface area contributed by atoms with Crippen molar-refractivity contribution in [3.63, 3.8) is 0 Å². The van der Waals surface area contributed by atoms with E-state index in [-0.39, 0.29) is 6.10 Å². The molecule has 4 nitrogen and oxygen atoms in total. The highest BCUT2D eigenvalue weighted by Crippen LogP contribution is 2.28. The van der Waals surface area contributed by atoms with Gasteiger partial charge in [0.2, 0.25) is 0 Å². The molecule has 94 valence electrons. The molecule has 1 atom stereocenters. The first-order valence-electron chi connectivity index (χ1n) is 5.46. The Kier molecular flexibility index (Phi) is 4.12. The van der Waals surface area contributed by atoms with Gasteiger partial charge >= 0.3 is 5.97 Å². The van der Waals surface area contributed by atoms with Gasteiger partial charge in [-0.05, 0) is 38.5 Å². The molecule has 0 spiro atoms. The summed E-state index contributed by atoms with van der Waals surface area (Å²) in [5, 5.41) is 9.31. The van der Waals surface area contributed by atoms with Crippen molar-refractivity contribution >= 4 is 5.97 Å². The van der Waals surface area contributed by atoms with Crippen LogP contribution >= 0.6 is 0 Å². The van der Waals surface area contributed by atoms with Crippen molar-refractivity contribution in [1.29, 1.82) is 0 Å². The minimum absolute atomic E-state index is 0.168. The Morgan fingerprint density at radius 3 is 2.18 bits per heavy atom. The van der Waals surface area contributed by atoms with Crippen LogP contribution in [0.1, 0.15) is 26.3 Å². The van der Waals surface area contributed by atoms with E-state index in [1.54, 1.807) is 38.3 Å². The van der Waals surface area contributed by atoms with Gasteiger partial charge in [-0.3, -0.25) is 0 Å². The Labute approximate surface area is 101 Å². The zero-order valence-electron chi connectivity index (χ0n) is 10.6. The molecule has 4 heteroatoms. The number of rotatable bonds is 5. The summed E-state index contributed by atoms with van der Waals surface area (Å²) in [5.74, 6) is -0.317. The van der Waals surface area contributed by atoms with Crippen LogP contribution in [0.5, 0.6) is 5.75 Å². The van der Waals surface area contributed by atoms with Crippen LogP contribution in [0.2, 0.25) is 0 Å². The predicted octanol–water partition coefficient (Wildman–Crippen LogP) is 2.42. The normalized spacial score (nSPS) is 14.4. The minimum atomic E-state index is -1.33. The van der Waals surface area contributed by atoms with Crippen LogP contribution in [0, 0.1) is 0 Å². The van der Waals surface area contributed by atoms with Gasteiger partial charge in [0.25, 0.3) is 0 Å². The molecule has 0 fully saturated rings. The molecule has 1 N–H and O–H groups in total. The fourth-order valence-corrected chi connectivity index (χ4v) is 1.62. The SMILES string of the molecule is COc1ccc(C(C)(OC(C)C)C(=O)O)cc1. The maximum absolute atomic E-state index is 11.4. The van der Waals surface area contributed by atoms with Gasteiger partial charge in [0.15, 0.2) is 5.60 Å². The summed E-state index contributed by atoms with van der Waals surface area (Å²) in [7, 11) is 1.57. The summed E-state index contributed by atoms with van der Waals surface area (Å²) in [5.41, 5.74) is -0.736. The molecule has 1 aromatic carbocycles. The van der Waals surface area contributed by atoms with Crippen molar-refractivity contribution in [1.82, 2.24) is 0 Å². The average molecular weight is 238 g/mol. The molecule has 0 heterocycles. The van der Waals surface area contributed by atoms with Gasteiger partial charge < -0.3 is 14.6 Å². The first-order chi connectivity index (χ1) is 7.90. The number of carbonyl (C=O) groups is 1. The van der Waals surface area contributed by atoms with Crippen LogP contribution in [-0.4, -0.2) is 24.3 Å². The predicted molar refractivity (Wildman–Crippen MR) is 64.2 cm³/mol. The van der Waals surface area contributed by atoms with E-state index in [1.165, 1.54) is 0 Å². The van der Waals surface area contributed by atoms with Gasteiger partial charge in [-0.25, -0.2) is 4.79 Å². The van der Waals surface area contributed by atoms with Gasteiger partial charge in [-0.1, -0.05) is 12.1 Å². The smallest absolute Gasteiger partial charge is 0.340 e. The van der Waals surface area contributed by atoms with E-state index in [2.05, 4.69) is 0 Å². The first kappa shape index (κ1) is 13.5. The summed E-state index contributed by atoms with van der Waals surface area (Å²) in [6, 6.07) is 6.85. The quantitative estimate of drug-likeness (QED) is 0.855. The average Bonchev–Trinajstić information content (AvgIpc) is 2.28. The maximum Gasteiger partial charge on any atom is 0.340 e. The molecule has 0 aliphatic rings.